The van der Waals surface area contributed by atoms with E-state index in [1.807, 2.05) is 0 Å². The number of rotatable bonds is 9. The molecule has 0 rings (SSSR count). The summed E-state index contributed by atoms with van der Waals surface area (Å²) >= 11 is 0. The minimum atomic E-state index is -4.27. The molecule has 0 amide bonds. The van der Waals surface area contributed by atoms with Crippen molar-refractivity contribution in [2.45, 2.75) is 64.9 Å². The number of hydrogen-bond acceptors (Lipinski definition) is 3. The van der Waals surface area contributed by atoms with Gasteiger partial charge in [-0.1, -0.05) is 45.4 Å². The first-order valence-corrected chi connectivity index (χ1v) is 6.98. The summed E-state index contributed by atoms with van der Waals surface area (Å²) in [5.41, 5.74) is 0. The van der Waals surface area contributed by atoms with E-state index in [0.29, 0.717) is 6.42 Å². The maximum atomic E-state index is 10.3. The number of unbranched alkanes of at least 4 members (excludes halogenated alkanes) is 5. The van der Waals surface area contributed by atoms with Crippen LogP contribution >= 0.6 is 0 Å². The van der Waals surface area contributed by atoms with Crippen molar-refractivity contribution in [3.8, 4) is 0 Å². The molecule has 0 aliphatic heterocycles. The summed E-state index contributed by atoms with van der Waals surface area (Å²) in [5.74, 6) is 0. The smallest absolute Gasteiger partial charge is 0.264 e. The van der Waals surface area contributed by atoms with Crippen LogP contribution in [0.25, 0.3) is 0 Å². The second kappa shape index (κ2) is 11.0. The zero-order valence-corrected chi connectivity index (χ0v) is 13.4. The maximum Gasteiger partial charge on any atom is 1.00 e. The zero-order valence-electron chi connectivity index (χ0n) is 10.6. The van der Waals surface area contributed by atoms with Gasteiger partial charge in [-0.25, -0.2) is 4.18 Å². The molecule has 0 aromatic carbocycles. The van der Waals surface area contributed by atoms with Gasteiger partial charge in [0.15, 0.2) is 0 Å². The van der Waals surface area contributed by atoms with E-state index < -0.39 is 16.5 Å². The average Bonchev–Trinajstić information content (AvgIpc) is 2.08. The largest absolute Gasteiger partial charge is 1.00 e. The maximum absolute atomic E-state index is 10.3. The van der Waals surface area contributed by atoms with Gasteiger partial charge in [0.2, 0.25) is 0 Å². The second-order valence-electron chi connectivity index (χ2n) is 3.89. The SMILES string of the molecule is CCCCCCCCC(C)OS(=O)(=O)O.[Na+]. The molecule has 0 aromatic rings. The quantitative estimate of drug-likeness (QED) is 0.359. The molecule has 4 nitrogen and oxygen atoms in total. The van der Waals surface area contributed by atoms with Crippen LogP contribution in [0.1, 0.15) is 58.8 Å². The monoisotopic (exact) mass is 261 g/mol. The van der Waals surface area contributed by atoms with Crippen LogP contribution < -0.4 is 29.6 Å². The molecule has 0 aliphatic carbocycles. The van der Waals surface area contributed by atoms with Crippen molar-refractivity contribution in [1.29, 1.82) is 0 Å². The van der Waals surface area contributed by atoms with Crippen molar-refractivity contribution in [2.75, 3.05) is 0 Å². The first-order chi connectivity index (χ1) is 6.95. The van der Waals surface area contributed by atoms with Crippen LogP contribution in [0.5, 0.6) is 0 Å². The van der Waals surface area contributed by atoms with E-state index in [1.165, 1.54) is 25.7 Å². The van der Waals surface area contributed by atoms with Crippen molar-refractivity contribution < 1.29 is 46.7 Å². The molecule has 0 fully saturated rings. The predicted octanol–water partition coefficient (Wildman–Crippen LogP) is -0.0511. The Hall–Kier alpha value is 0.870. The molecule has 16 heavy (non-hydrogen) atoms. The van der Waals surface area contributed by atoms with Gasteiger partial charge in [-0.2, -0.15) is 8.42 Å². The van der Waals surface area contributed by atoms with Gasteiger partial charge in [0.25, 0.3) is 0 Å². The van der Waals surface area contributed by atoms with Crippen molar-refractivity contribution in [3.05, 3.63) is 0 Å². The van der Waals surface area contributed by atoms with E-state index in [0.717, 1.165) is 12.8 Å². The van der Waals surface area contributed by atoms with E-state index >= 15 is 0 Å². The molecule has 0 bridgehead atoms. The third kappa shape index (κ3) is 14.9. The Morgan fingerprint density at radius 2 is 1.62 bits per heavy atom. The van der Waals surface area contributed by atoms with Crippen LogP contribution in [0.2, 0.25) is 0 Å². The molecule has 0 saturated heterocycles. The summed E-state index contributed by atoms with van der Waals surface area (Å²) in [6, 6.07) is 0. The summed E-state index contributed by atoms with van der Waals surface area (Å²) in [7, 11) is -4.27. The van der Waals surface area contributed by atoms with E-state index in [4.69, 9.17) is 4.55 Å². The van der Waals surface area contributed by atoms with Gasteiger partial charge >= 0.3 is 40.0 Å². The van der Waals surface area contributed by atoms with E-state index in [9.17, 15) is 8.42 Å². The molecule has 0 heterocycles. The fraction of sp³-hybridized carbons (Fsp3) is 1.00. The van der Waals surface area contributed by atoms with Crippen LogP contribution in [0.4, 0.5) is 0 Å². The van der Waals surface area contributed by atoms with Crippen LogP contribution in [0.3, 0.4) is 0 Å². The standard InChI is InChI=1S/C10H22O4S.Na/c1-3-4-5-6-7-8-9-10(2)14-15(11,12)13;/h10H,3-9H2,1-2H3,(H,11,12,13);/q;+1. The molecule has 0 aromatic heterocycles. The van der Waals surface area contributed by atoms with E-state index in [1.54, 1.807) is 6.92 Å². The summed E-state index contributed by atoms with van der Waals surface area (Å²) in [4.78, 5) is 0. The van der Waals surface area contributed by atoms with Crippen LogP contribution in [-0.2, 0) is 14.6 Å². The average molecular weight is 261 g/mol. The van der Waals surface area contributed by atoms with E-state index in [2.05, 4.69) is 11.1 Å². The minimum Gasteiger partial charge on any atom is -0.264 e. The normalized spacial score (nSPS) is 13.2. The first-order valence-electron chi connectivity index (χ1n) is 5.61. The van der Waals surface area contributed by atoms with Crippen molar-refractivity contribution in [1.82, 2.24) is 0 Å². The third-order valence-electron chi connectivity index (χ3n) is 2.25. The molecule has 1 unspecified atom stereocenters. The molecular formula is C10H22NaO4S+. The van der Waals surface area contributed by atoms with Crippen molar-refractivity contribution in [3.63, 3.8) is 0 Å². The molecule has 0 spiro atoms. The molecule has 0 aliphatic rings. The molecular weight excluding hydrogens is 239 g/mol. The van der Waals surface area contributed by atoms with Gasteiger partial charge in [-0.05, 0) is 13.3 Å². The first kappa shape index (κ1) is 19.2. The fourth-order valence-corrected chi connectivity index (χ4v) is 1.98. The summed E-state index contributed by atoms with van der Waals surface area (Å²) < 4.78 is 33.5. The molecule has 1 atom stereocenters. The Morgan fingerprint density at radius 3 is 2.12 bits per heavy atom. The molecule has 1 N–H and O–H groups in total. The topological polar surface area (TPSA) is 63.6 Å². The van der Waals surface area contributed by atoms with Gasteiger partial charge in [-0.15, -0.1) is 0 Å². The Kier molecular flexibility index (Phi) is 13.2. The third-order valence-corrected chi connectivity index (χ3v) is 2.82. The van der Waals surface area contributed by atoms with Gasteiger partial charge < -0.3 is 0 Å². The molecule has 92 valence electrons. The Morgan fingerprint density at radius 1 is 1.12 bits per heavy atom. The fourth-order valence-electron chi connectivity index (χ4n) is 1.47. The zero-order chi connectivity index (χ0) is 11.7. The molecule has 0 radical (unpaired) electrons. The Labute approximate surface area is 121 Å². The van der Waals surface area contributed by atoms with Crippen LogP contribution in [-0.4, -0.2) is 19.1 Å². The van der Waals surface area contributed by atoms with Gasteiger partial charge in [0, 0.05) is 0 Å². The van der Waals surface area contributed by atoms with Crippen LogP contribution in [0, 0.1) is 0 Å². The van der Waals surface area contributed by atoms with Crippen molar-refractivity contribution in [2.24, 2.45) is 0 Å². The second-order valence-corrected chi connectivity index (χ2v) is 4.94. The predicted molar refractivity (Wildman–Crippen MR) is 60.1 cm³/mol. The van der Waals surface area contributed by atoms with Crippen LogP contribution in [0.15, 0.2) is 0 Å². The summed E-state index contributed by atoms with van der Waals surface area (Å²) in [5, 5.41) is 0. The van der Waals surface area contributed by atoms with Gasteiger partial charge in [0.1, 0.15) is 0 Å². The molecule has 0 saturated carbocycles. The number of hydrogen-bond donors (Lipinski definition) is 1. The minimum absolute atomic E-state index is 0. The van der Waals surface area contributed by atoms with Crippen molar-refractivity contribution >= 4 is 10.4 Å². The summed E-state index contributed by atoms with van der Waals surface area (Å²) in [6.45, 7) is 3.82. The van der Waals surface area contributed by atoms with Gasteiger partial charge in [0.05, 0.1) is 6.10 Å². The van der Waals surface area contributed by atoms with E-state index in [-0.39, 0.29) is 29.6 Å². The molecule has 6 heteroatoms. The Bertz CT molecular complexity index is 241. The Balaban J connectivity index is 0. The van der Waals surface area contributed by atoms with Gasteiger partial charge in [-0.3, -0.25) is 4.55 Å². The summed E-state index contributed by atoms with van der Waals surface area (Å²) in [6.07, 6.45) is 7.20.